The van der Waals surface area contributed by atoms with E-state index in [-0.39, 0.29) is 18.7 Å². The highest BCUT2D eigenvalue weighted by Gasteiger charge is 2.47. The number of hydrogen-bond donors (Lipinski definition) is 0. The van der Waals surface area contributed by atoms with Crippen LogP contribution in [0.15, 0.2) is 18.2 Å². The van der Waals surface area contributed by atoms with Gasteiger partial charge in [0.25, 0.3) is 5.92 Å². The third kappa shape index (κ3) is 4.46. The smallest absolute Gasteiger partial charge is 0.410 e. The minimum atomic E-state index is -3.11. The maximum atomic E-state index is 14.7. The molecule has 1 aromatic rings. The number of hydrogen-bond acceptors (Lipinski definition) is 4. The van der Waals surface area contributed by atoms with Gasteiger partial charge >= 0.3 is 6.09 Å². The van der Waals surface area contributed by atoms with Gasteiger partial charge < -0.3 is 14.4 Å². The fourth-order valence-corrected chi connectivity index (χ4v) is 2.87. The summed E-state index contributed by atoms with van der Waals surface area (Å²) >= 11 is 0. The molecule has 1 heterocycles. The van der Waals surface area contributed by atoms with Crippen LogP contribution in [0.2, 0.25) is 0 Å². The first-order chi connectivity index (χ1) is 11.6. The van der Waals surface area contributed by atoms with Gasteiger partial charge in [-0.05, 0) is 44.9 Å². The largest absolute Gasteiger partial charge is 0.496 e. The molecule has 0 aromatic heterocycles. The summed E-state index contributed by atoms with van der Waals surface area (Å²) < 4.78 is 39.6. The van der Waals surface area contributed by atoms with Crippen molar-refractivity contribution in [3.8, 4) is 5.75 Å². The van der Waals surface area contributed by atoms with E-state index >= 15 is 0 Å². The van der Waals surface area contributed by atoms with Crippen molar-refractivity contribution in [3.05, 3.63) is 29.3 Å². The molecule has 1 fully saturated rings. The number of carbonyl (C=O) groups is 2. The molecule has 1 unspecified atom stereocenters. The van der Waals surface area contributed by atoms with Crippen LogP contribution in [-0.2, 0) is 4.74 Å². The molecule has 1 aliphatic heterocycles. The lowest BCUT2D eigenvalue weighted by Gasteiger charge is -2.39. The molecular formula is C18H23F2NO4. The van der Waals surface area contributed by atoms with E-state index in [1.807, 2.05) is 0 Å². The van der Waals surface area contributed by atoms with E-state index in [1.54, 1.807) is 20.8 Å². The van der Waals surface area contributed by atoms with Gasteiger partial charge in [-0.2, -0.15) is 0 Å². The number of aldehydes is 1. The highest BCUT2D eigenvalue weighted by Crippen LogP contribution is 2.41. The summed E-state index contributed by atoms with van der Waals surface area (Å²) in [7, 11) is 1.38. The van der Waals surface area contributed by atoms with Gasteiger partial charge in [-0.25, -0.2) is 13.6 Å². The quantitative estimate of drug-likeness (QED) is 0.773. The first-order valence-corrected chi connectivity index (χ1v) is 8.06. The summed E-state index contributed by atoms with van der Waals surface area (Å²) in [6.45, 7) is 4.54. The number of benzene rings is 1. The molecule has 1 aromatic carbocycles. The standard InChI is InChI=1S/C18H23F2NO4/c1-17(2,3)25-16(23)21-8-7-14(18(19,20)11-21)12-5-6-13(10-22)15(9-12)24-4/h5-6,9-10,14H,7-8,11H2,1-4H3. The van der Waals surface area contributed by atoms with Crippen molar-refractivity contribution in [1.29, 1.82) is 0 Å². The van der Waals surface area contributed by atoms with Crippen molar-refractivity contribution in [2.24, 2.45) is 0 Å². The van der Waals surface area contributed by atoms with Crippen LogP contribution in [-0.4, -0.2) is 49.0 Å². The number of carbonyl (C=O) groups excluding carboxylic acids is 2. The van der Waals surface area contributed by atoms with E-state index in [1.165, 1.54) is 25.3 Å². The number of nitrogens with zero attached hydrogens (tertiary/aromatic N) is 1. The molecule has 0 N–H and O–H groups in total. The minimum Gasteiger partial charge on any atom is -0.496 e. The highest BCUT2D eigenvalue weighted by molar-refractivity contribution is 5.79. The van der Waals surface area contributed by atoms with E-state index < -0.39 is 30.1 Å². The zero-order valence-electron chi connectivity index (χ0n) is 14.8. The molecule has 0 bridgehead atoms. The number of piperidine rings is 1. The second-order valence-corrected chi connectivity index (χ2v) is 7.12. The first kappa shape index (κ1) is 19.1. The van der Waals surface area contributed by atoms with Gasteiger partial charge in [-0.1, -0.05) is 6.07 Å². The Bertz CT molecular complexity index is 655. The number of alkyl halides is 2. The molecule has 7 heteroatoms. The van der Waals surface area contributed by atoms with E-state index in [4.69, 9.17) is 9.47 Å². The molecule has 1 saturated heterocycles. The molecule has 1 amide bonds. The molecular weight excluding hydrogens is 332 g/mol. The summed E-state index contributed by atoms with van der Waals surface area (Å²) in [6, 6.07) is 4.44. The summed E-state index contributed by atoms with van der Waals surface area (Å²) in [5.41, 5.74) is -0.0432. The molecule has 1 atom stereocenters. The molecule has 25 heavy (non-hydrogen) atoms. The van der Waals surface area contributed by atoms with Gasteiger partial charge in [0.15, 0.2) is 6.29 Å². The molecule has 0 radical (unpaired) electrons. The number of halogens is 2. The Morgan fingerprint density at radius 2 is 2.04 bits per heavy atom. The van der Waals surface area contributed by atoms with Crippen molar-refractivity contribution in [2.75, 3.05) is 20.2 Å². The van der Waals surface area contributed by atoms with Crippen LogP contribution < -0.4 is 4.74 Å². The maximum absolute atomic E-state index is 14.7. The van der Waals surface area contributed by atoms with E-state index in [9.17, 15) is 18.4 Å². The summed E-state index contributed by atoms with van der Waals surface area (Å²) in [5, 5.41) is 0. The van der Waals surface area contributed by atoms with Crippen LogP contribution in [0.5, 0.6) is 5.75 Å². The third-order valence-electron chi connectivity index (χ3n) is 4.04. The number of likely N-dealkylation sites (tertiary alicyclic amines) is 1. The SMILES string of the molecule is COc1cc(C2CCN(C(=O)OC(C)(C)C)CC2(F)F)ccc1C=O. The van der Waals surface area contributed by atoms with Crippen molar-refractivity contribution >= 4 is 12.4 Å². The second-order valence-electron chi connectivity index (χ2n) is 7.12. The topological polar surface area (TPSA) is 55.8 Å². The molecule has 1 aliphatic rings. The number of ether oxygens (including phenoxy) is 2. The van der Waals surface area contributed by atoms with Crippen molar-refractivity contribution < 1.29 is 27.8 Å². The minimum absolute atomic E-state index is 0.0931. The molecule has 0 aliphatic carbocycles. The lowest BCUT2D eigenvalue weighted by molar-refractivity contribution is -0.0849. The van der Waals surface area contributed by atoms with Gasteiger partial charge in [0, 0.05) is 6.54 Å². The molecule has 2 rings (SSSR count). The summed E-state index contributed by atoms with van der Waals surface area (Å²) in [4.78, 5) is 24.0. The molecule has 5 nitrogen and oxygen atoms in total. The van der Waals surface area contributed by atoms with Gasteiger partial charge in [0.1, 0.15) is 11.4 Å². The zero-order chi connectivity index (χ0) is 18.8. The third-order valence-corrected chi connectivity index (χ3v) is 4.04. The van der Waals surface area contributed by atoms with Gasteiger partial charge in [-0.3, -0.25) is 4.79 Å². The van der Waals surface area contributed by atoms with Crippen molar-refractivity contribution in [2.45, 2.75) is 44.6 Å². The van der Waals surface area contributed by atoms with E-state index in [0.29, 0.717) is 17.4 Å². The Morgan fingerprint density at radius 3 is 2.56 bits per heavy atom. The monoisotopic (exact) mass is 355 g/mol. The van der Waals surface area contributed by atoms with Crippen LogP contribution in [0.1, 0.15) is 49.0 Å². The van der Waals surface area contributed by atoms with Crippen LogP contribution in [0.3, 0.4) is 0 Å². The average Bonchev–Trinajstić information content (AvgIpc) is 2.51. The lowest BCUT2D eigenvalue weighted by Crippen LogP contribution is -2.50. The van der Waals surface area contributed by atoms with Crippen molar-refractivity contribution in [3.63, 3.8) is 0 Å². The number of amides is 1. The fourth-order valence-electron chi connectivity index (χ4n) is 2.87. The van der Waals surface area contributed by atoms with Gasteiger partial charge in [-0.15, -0.1) is 0 Å². The summed E-state index contributed by atoms with van der Waals surface area (Å²) in [6.07, 6.45) is -0.0265. The normalized spacial score (nSPS) is 20.1. The van der Waals surface area contributed by atoms with E-state index in [2.05, 4.69) is 0 Å². The summed E-state index contributed by atoms with van der Waals surface area (Å²) in [5.74, 6) is -3.90. The predicted octanol–water partition coefficient (Wildman–Crippen LogP) is 3.87. The Kier molecular flexibility index (Phi) is 5.34. The second kappa shape index (κ2) is 6.98. The van der Waals surface area contributed by atoms with Crippen molar-refractivity contribution in [1.82, 2.24) is 4.90 Å². The first-order valence-electron chi connectivity index (χ1n) is 8.06. The Morgan fingerprint density at radius 1 is 1.36 bits per heavy atom. The number of methoxy groups -OCH3 is 1. The zero-order valence-corrected chi connectivity index (χ0v) is 14.8. The van der Waals surface area contributed by atoms with E-state index in [0.717, 1.165) is 4.90 Å². The Hall–Kier alpha value is -2.18. The molecule has 0 saturated carbocycles. The maximum Gasteiger partial charge on any atom is 0.410 e. The number of rotatable bonds is 3. The molecule has 138 valence electrons. The predicted molar refractivity (Wildman–Crippen MR) is 88.5 cm³/mol. The van der Waals surface area contributed by atoms with Crippen LogP contribution in [0.4, 0.5) is 13.6 Å². The Balaban J connectivity index is 2.18. The van der Waals surface area contributed by atoms with Crippen LogP contribution >= 0.6 is 0 Å². The Labute approximate surface area is 145 Å². The van der Waals surface area contributed by atoms with Crippen LogP contribution in [0.25, 0.3) is 0 Å². The average molecular weight is 355 g/mol. The van der Waals surface area contributed by atoms with Gasteiger partial charge in [0.2, 0.25) is 0 Å². The highest BCUT2D eigenvalue weighted by atomic mass is 19.3. The van der Waals surface area contributed by atoms with Gasteiger partial charge in [0.05, 0.1) is 25.1 Å². The fraction of sp³-hybridized carbons (Fsp3) is 0.556. The lowest BCUT2D eigenvalue weighted by atomic mass is 9.86. The van der Waals surface area contributed by atoms with Crippen LogP contribution in [0, 0.1) is 0 Å². The molecule has 0 spiro atoms.